The van der Waals surface area contributed by atoms with Gasteiger partial charge in [-0.2, -0.15) is 5.26 Å². The van der Waals surface area contributed by atoms with Gasteiger partial charge in [0, 0.05) is 112 Å². The Bertz CT molecular complexity index is 8530. The maximum Gasteiger partial charge on any atom is 0.187 e. The van der Waals surface area contributed by atoms with Crippen molar-refractivity contribution in [3.05, 3.63) is 536 Å². The van der Waals surface area contributed by atoms with Crippen molar-refractivity contribution in [2.45, 2.75) is 0 Å². The van der Waals surface area contributed by atoms with Crippen LogP contribution in [0.5, 0.6) is 0 Å². The maximum atomic E-state index is 15.8. The van der Waals surface area contributed by atoms with Crippen LogP contribution >= 0.6 is 0 Å². The van der Waals surface area contributed by atoms with Crippen molar-refractivity contribution in [2.24, 2.45) is 0 Å². The number of anilines is 12. The first-order valence-corrected chi connectivity index (χ1v) is 47.1. The highest BCUT2D eigenvalue weighted by Crippen LogP contribution is 2.55. The molecule has 24 aromatic carbocycles. The highest BCUT2D eigenvalue weighted by molar-refractivity contribution is 6.30. The molecule has 0 bridgehead atoms. The van der Waals surface area contributed by atoms with Crippen LogP contribution in [-0.4, -0.2) is 0 Å². The molecule has 0 saturated carbocycles. The summed E-state index contributed by atoms with van der Waals surface area (Å²) >= 11 is 0. The molecule has 6 nitrogen and oxygen atoms in total. The summed E-state index contributed by atoms with van der Waals surface area (Å²) in [6.07, 6.45) is 0. The molecule has 696 valence electrons. The molecule has 0 saturated heterocycles. The van der Waals surface area contributed by atoms with Gasteiger partial charge in [-0.15, -0.1) is 0 Å². The largest absolute Gasteiger partial charge is 0.310 e. The van der Waals surface area contributed by atoms with E-state index in [2.05, 4.69) is 57.1 Å². The highest BCUT2D eigenvalue weighted by atomic mass is 19.2. The van der Waals surface area contributed by atoms with E-state index >= 15 is 35.1 Å². The second-order valence-corrected chi connectivity index (χ2v) is 35.7. The van der Waals surface area contributed by atoms with Gasteiger partial charge in [-0.25, -0.2) is 48.7 Å². The molecule has 0 atom stereocenters. The van der Waals surface area contributed by atoms with Crippen LogP contribution in [0.15, 0.2) is 461 Å². The molecule has 0 aliphatic heterocycles. The fourth-order valence-corrected chi connectivity index (χ4v) is 20.3. The molecule has 0 aliphatic carbocycles. The van der Waals surface area contributed by atoms with E-state index in [0.717, 1.165) is 76.0 Å². The van der Waals surface area contributed by atoms with E-state index in [-0.39, 0.29) is 0 Å². The zero-order valence-electron chi connectivity index (χ0n) is 77.3. The predicted octanol–water partition coefficient (Wildman–Crippen LogP) is 38.2. The summed E-state index contributed by atoms with van der Waals surface area (Å²) in [6.45, 7) is 7.75. The minimum Gasteiger partial charge on any atom is -0.310 e. The Morgan fingerprint density at radius 3 is 0.568 bits per heavy atom. The van der Waals surface area contributed by atoms with Crippen LogP contribution in [-0.2, 0) is 0 Å². The van der Waals surface area contributed by atoms with E-state index in [0.29, 0.717) is 157 Å². The van der Waals surface area contributed by atoms with Crippen molar-refractivity contribution in [1.82, 2.24) is 0 Å². The summed E-state index contributed by atoms with van der Waals surface area (Å²) < 4.78 is 156. The summed E-state index contributed by atoms with van der Waals surface area (Å²) in [6, 6.07) is 136. The van der Waals surface area contributed by atoms with Gasteiger partial charge in [0.15, 0.2) is 5.69 Å². The van der Waals surface area contributed by atoms with E-state index in [9.17, 15) is 14.0 Å². The second kappa shape index (κ2) is 38.1. The Balaban J connectivity index is 0.000000161. The Morgan fingerprint density at radius 2 is 0.377 bits per heavy atom. The molecule has 0 amide bonds. The lowest BCUT2D eigenvalue weighted by molar-refractivity contribution is 0.627. The molecule has 146 heavy (non-hydrogen) atoms. The minimum absolute atomic E-state index is 0.324. The first-order chi connectivity index (χ1) is 71.4. The molecule has 0 radical (unpaired) electrons. The van der Waals surface area contributed by atoms with Crippen LogP contribution in [0.3, 0.4) is 0 Å². The Labute approximate surface area is 833 Å². The Kier molecular flexibility index (Phi) is 23.7. The summed E-state index contributed by atoms with van der Waals surface area (Å²) in [4.78, 5) is 11.7. The summed E-state index contributed by atoms with van der Waals surface area (Å²) in [7, 11) is 0. The molecule has 16 heteroatoms. The molecular weight excluding hydrogens is 1840 g/mol. The SMILES string of the molecule is Fc1ccc(N(c2cc(-c3ccccc3F)cc(-c3ccccc3F)c2)c2ccc3ccc4c(N(c5ccc(F)cc5)c5cc(-c6ccccc6F)cc(-c6ccccc6F)c5)ccc5ccc2c3c54)cc1.[C-]#[N+]c1ccc(N(c2cc(-c3ccccc3F)cc(-c3ccccc3F)c2)c2ccc3ccc4c(N(c5ccc(C#N)cc5)c5cc(-c6ccccc6F)cc(-c6ccccc6F)c5)ccc5ccc2c3c54)cc1. The van der Waals surface area contributed by atoms with Crippen molar-refractivity contribution in [3.63, 3.8) is 0 Å². The zero-order valence-corrected chi connectivity index (χ0v) is 77.3. The van der Waals surface area contributed by atoms with Gasteiger partial charge < -0.3 is 19.6 Å². The second-order valence-electron chi connectivity index (χ2n) is 35.7. The molecular formula is C130H76F10N6. The zero-order chi connectivity index (χ0) is 99.5. The number of benzene rings is 24. The lowest BCUT2D eigenvalue weighted by atomic mass is 9.91. The average Bonchev–Trinajstić information content (AvgIpc) is 0.719. The monoisotopic (exact) mass is 1910 g/mol. The first-order valence-electron chi connectivity index (χ1n) is 47.1. The van der Waals surface area contributed by atoms with Crippen molar-refractivity contribution < 1.29 is 43.9 Å². The van der Waals surface area contributed by atoms with Gasteiger partial charge in [0.05, 0.1) is 41.0 Å². The summed E-state index contributed by atoms with van der Waals surface area (Å²) in [5.41, 5.74) is 15.8. The topological polar surface area (TPSA) is 41.1 Å². The lowest BCUT2D eigenvalue weighted by Crippen LogP contribution is -2.12. The third-order valence-electron chi connectivity index (χ3n) is 27.0. The van der Waals surface area contributed by atoms with Crippen LogP contribution < -0.4 is 19.6 Å². The van der Waals surface area contributed by atoms with Crippen molar-refractivity contribution in [2.75, 3.05) is 19.6 Å². The van der Waals surface area contributed by atoms with Crippen LogP contribution in [0.25, 0.3) is 158 Å². The number of rotatable bonds is 20. The van der Waals surface area contributed by atoms with Gasteiger partial charge in [0.25, 0.3) is 0 Å². The third-order valence-corrected chi connectivity index (χ3v) is 27.0. The number of nitrogens with zero attached hydrogens (tertiary/aromatic N) is 6. The number of nitriles is 1. The Hall–Kier alpha value is -19.2. The van der Waals surface area contributed by atoms with Gasteiger partial charge in [0.1, 0.15) is 58.2 Å². The summed E-state index contributed by atoms with van der Waals surface area (Å²) in [5, 5.41) is 20.8. The van der Waals surface area contributed by atoms with Crippen molar-refractivity contribution in [1.29, 1.82) is 5.26 Å². The molecule has 24 rings (SSSR count). The number of halogens is 10. The molecule has 0 aromatic heterocycles. The normalized spacial score (nSPS) is 11.3. The average molecular weight is 1910 g/mol. The van der Waals surface area contributed by atoms with E-state index in [1.807, 2.05) is 143 Å². The van der Waals surface area contributed by atoms with Crippen molar-refractivity contribution in [3.8, 4) is 95.1 Å². The van der Waals surface area contributed by atoms with E-state index in [1.165, 1.54) is 72.8 Å². The van der Waals surface area contributed by atoms with Crippen LogP contribution in [0.2, 0.25) is 0 Å². The van der Waals surface area contributed by atoms with E-state index < -0.39 is 58.2 Å². The maximum absolute atomic E-state index is 15.8. The van der Waals surface area contributed by atoms with Crippen LogP contribution in [0, 0.1) is 76.1 Å². The van der Waals surface area contributed by atoms with Crippen LogP contribution in [0.1, 0.15) is 5.56 Å². The Morgan fingerprint density at radius 1 is 0.192 bits per heavy atom. The van der Waals surface area contributed by atoms with Gasteiger partial charge in [-0.05, 0) is 318 Å². The number of hydrogen-bond acceptors (Lipinski definition) is 5. The smallest absolute Gasteiger partial charge is 0.187 e. The quantitative estimate of drug-likeness (QED) is 0.0432. The molecule has 0 spiro atoms. The molecule has 24 aromatic rings. The van der Waals surface area contributed by atoms with E-state index in [4.69, 9.17) is 6.57 Å². The molecule has 0 unspecified atom stereocenters. The molecule has 0 fully saturated rings. The highest BCUT2D eigenvalue weighted by Gasteiger charge is 2.30. The predicted molar refractivity (Wildman–Crippen MR) is 573 cm³/mol. The third kappa shape index (κ3) is 16.9. The van der Waals surface area contributed by atoms with Gasteiger partial charge >= 0.3 is 0 Å². The molecule has 0 aliphatic rings. The van der Waals surface area contributed by atoms with Gasteiger partial charge in [0.2, 0.25) is 0 Å². The molecule has 0 heterocycles. The van der Waals surface area contributed by atoms with Crippen molar-refractivity contribution >= 4 is 139 Å². The van der Waals surface area contributed by atoms with Gasteiger partial charge in [-0.1, -0.05) is 231 Å². The minimum atomic E-state index is -0.446. The van der Waals surface area contributed by atoms with Gasteiger partial charge in [-0.3, -0.25) is 0 Å². The summed E-state index contributed by atoms with van der Waals surface area (Å²) in [5.74, 6) is -4.34. The fourth-order valence-electron chi connectivity index (χ4n) is 20.3. The lowest BCUT2D eigenvalue weighted by Gasteiger charge is -2.30. The fraction of sp³-hybridized carbons (Fsp3) is 0. The standard InChI is InChI=1S/C66H38F4N4.C64H38F6N2/c1-72-48-24-28-50(29-25-48)74(52-38-46(55-12-4-8-16-61(55)69)35-47(39-52)56-13-5-9-17-62(56)70)64-33-23-43-20-30-57-63(32-22-42-21-31-58(64)66(43)65(42)57)73(49-26-18-41(40-71)19-27-49)51-36-44(53-10-2-6-14-59(53)67)34-45(37-51)54-11-3-7-15-60(54)68;65-45-21-25-47(26-22-45)71(49-35-41(51-9-1-5-13-57(51)67)33-42(36-49)52-10-2-6-14-58(52)68)61-31-19-39-18-30-56-62(32-20-40-17-29-55(61)63(39)64(40)56)72(48-27-23-46(66)24-28-48)50-37-43(53-11-3-7-15-59(53)69)34-44(38-50)54-12-4-8-16-60(54)70/h2-39H;1-38H. The molecule has 0 N–H and O–H groups in total. The van der Waals surface area contributed by atoms with Crippen LogP contribution in [0.4, 0.5) is 118 Å². The van der Waals surface area contributed by atoms with E-state index in [1.54, 1.807) is 218 Å². The first kappa shape index (κ1) is 90.7. The number of hydrogen-bond donors (Lipinski definition) is 0.